The first kappa shape index (κ1) is 19.9. The van der Waals surface area contributed by atoms with Crippen LogP contribution >= 0.6 is 0 Å². The van der Waals surface area contributed by atoms with E-state index in [-0.39, 0.29) is 17.9 Å². The number of amides is 2. The number of benzene rings is 2. The zero-order valence-corrected chi connectivity index (χ0v) is 15.5. The van der Waals surface area contributed by atoms with Gasteiger partial charge < -0.3 is 15.4 Å². The second-order valence-corrected chi connectivity index (χ2v) is 6.11. The first-order valence-electron chi connectivity index (χ1n) is 8.48. The zero-order valence-electron chi connectivity index (χ0n) is 15.5. The van der Waals surface area contributed by atoms with Gasteiger partial charge in [0.25, 0.3) is 5.91 Å². The Balaban J connectivity index is 2.06. The summed E-state index contributed by atoms with van der Waals surface area (Å²) in [4.78, 5) is 35.8. The van der Waals surface area contributed by atoms with E-state index in [4.69, 9.17) is 0 Å². The Kier molecular flexibility index (Phi) is 6.88. The molecule has 6 heteroatoms. The van der Waals surface area contributed by atoms with E-state index in [1.165, 1.54) is 13.2 Å². The van der Waals surface area contributed by atoms with Crippen molar-refractivity contribution in [2.75, 3.05) is 12.4 Å². The summed E-state index contributed by atoms with van der Waals surface area (Å²) in [5.41, 5.74) is 2.02. The number of hydrogen-bond acceptors (Lipinski definition) is 4. The lowest BCUT2D eigenvalue weighted by Gasteiger charge is -2.12. The molecule has 2 aromatic carbocycles. The summed E-state index contributed by atoms with van der Waals surface area (Å²) in [6, 6.07) is 13.5. The van der Waals surface area contributed by atoms with Gasteiger partial charge in [0.1, 0.15) is 0 Å². The molecule has 27 heavy (non-hydrogen) atoms. The van der Waals surface area contributed by atoms with Crippen molar-refractivity contribution in [2.24, 2.45) is 0 Å². The molecule has 0 bridgehead atoms. The average Bonchev–Trinajstić information content (AvgIpc) is 2.66. The van der Waals surface area contributed by atoms with E-state index in [0.29, 0.717) is 16.8 Å². The highest BCUT2D eigenvalue weighted by atomic mass is 16.5. The molecule has 2 aromatic rings. The largest absolute Gasteiger partial charge is 0.465 e. The second-order valence-electron chi connectivity index (χ2n) is 6.11. The van der Waals surface area contributed by atoms with Crippen LogP contribution in [0.4, 0.5) is 5.69 Å². The van der Waals surface area contributed by atoms with Crippen LogP contribution < -0.4 is 10.6 Å². The van der Waals surface area contributed by atoms with Crippen LogP contribution in [0.5, 0.6) is 0 Å². The van der Waals surface area contributed by atoms with Gasteiger partial charge in [-0.25, -0.2) is 4.79 Å². The molecule has 0 atom stereocenters. The predicted octanol–water partition coefficient (Wildman–Crippen LogP) is 3.26. The van der Waals surface area contributed by atoms with E-state index < -0.39 is 5.97 Å². The molecule has 6 nitrogen and oxygen atoms in total. The van der Waals surface area contributed by atoms with Crippen LogP contribution in [-0.2, 0) is 9.53 Å². The zero-order chi connectivity index (χ0) is 19.8. The smallest absolute Gasteiger partial charge is 0.337 e. The van der Waals surface area contributed by atoms with Crippen LogP contribution in [0.25, 0.3) is 6.08 Å². The number of methoxy groups -OCH3 is 1. The minimum Gasteiger partial charge on any atom is -0.465 e. The van der Waals surface area contributed by atoms with Crippen molar-refractivity contribution < 1.29 is 19.1 Å². The highest BCUT2D eigenvalue weighted by Crippen LogP contribution is 2.15. The third kappa shape index (κ3) is 5.81. The first-order valence-corrected chi connectivity index (χ1v) is 8.48. The predicted molar refractivity (Wildman–Crippen MR) is 104 cm³/mol. The number of anilines is 1. The maximum Gasteiger partial charge on any atom is 0.337 e. The summed E-state index contributed by atoms with van der Waals surface area (Å²) in [7, 11) is 1.32. The number of para-hydroxylation sites is 1. The molecule has 140 valence electrons. The Bertz CT molecular complexity index is 855. The molecule has 0 saturated carbocycles. The molecule has 0 aliphatic carbocycles. The maximum absolute atomic E-state index is 12.2. The van der Waals surface area contributed by atoms with Gasteiger partial charge in [-0.1, -0.05) is 24.3 Å². The standard InChI is InChI=1S/C21H22N2O4/c1-14(2)22-20(25)17-6-4-5-7-18(17)23-19(24)13-10-15-8-11-16(12-9-15)21(26)27-3/h4-14H,1-3H3,(H,22,25)(H,23,24)/b13-10+. The van der Waals surface area contributed by atoms with Gasteiger partial charge in [0.05, 0.1) is 23.9 Å². The summed E-state index contributed by atoms with van der Waals surface area (Å²) < 4.78 is 4.64. The van der Waals surface area contributed by atoms with Crippen molar-refractivity contribution in [2.45, 2.75) is 19.9 Å². The molecule has 0 aliphatic rings. The second kappa shape index (κ2) is 9.33. The number of carbonyl (C=O) groups is 3. The van der Waals surface area contributed by atoms with Crippen molar-refractivity contribution in [1.29, 1.82) is 0 Å². The van der Waals surface area contributed by atoms with Crippen LogP contribution in [0.1, 0.15) is 40.1 Å². The summed E-state index contributed by atoms with van der Waals surface area (Å²) >= 11 is 0. The normalized spacial score (nSPS) is 10.7. The summed E-state index contributed by atoms with van der Waals surface area (Å²) in [6.07, 6.45) is 2.98. The molecule has 0 saturated heterocycles. The number of nitrogens with one attached hydrogen (secondary N) is 2. The van der Waals surface area contributed by atoms with Gasteiger partial charge in [-0.05, 0) is 49.8 Å². The van der Waals surface area contributed by atoms with Crippen molar-refractivity contribution in [3.63, 3.8) is 0 Å². The Morgan fingerprint density at radius 1 is 1.00 bits per heavy atom. The minimum atomic E-state index is -0.417. The third-order valence-electron chi connectivity index (χ3n) is 3.61. The molecule has 0 unspecified atom stereocenters. The molecule has 0 radical (unpaired) electrons. The van der Waals surface area contributed by atoms with Crippen molar-refractivity contribution in [3.05, 3.63) is 71.3 Å². The molecule has 0 spiro atoms. The minimum absolute atomic E-state index is 0.00545. The van der Waals surface area contributed by atoms with E-state index in [0.717, 1.165) is 5.56 Å². The van der Waals surface area contributed by atoms with Gasteiger partial charge in [-0.3, -0.25) is 9.59 Å². The highest BCUT2D eigenvalue weighted by molar-refractivity contribution is 6.07. The lowest BCUT2D eigenvalue weighted by atomic mass is 10.1. The maximum atomic E-state index is 12.2. The van der Waals surface area contributed by atoms with Crippen LogP contribution in [0.2, 0.25) is 0 Å². The van der Waals surface area contributed by atoms with E-state index in [2.05, 4.69) is 15.4 Å². The van der Waals surface area contributed by atoms with E-state index in [9.17, 15) is 14.4 Å². The molecule has 0 aromatic heterocycles. The molecule has 0 heterocycles. The monoisotopic (exact) mass is 366 g/mol. The third-order valence-corrected chi connectivity index (χ3v) is 3.61. The van der Waals surface area contributed by atoms with Gasteiger partial charge in [0.15, 0.2) is 0 Å². The van der Waals surface area contributed by atoms with Crippen LogP contribution in [0.3, 0.4) is 0 Å². The van der Waals surface area contributed by atoms with Gasteiger partial charge in [-0.15, -0.1) is 0 Å². The number of esters is 1. The number of ether oxygens (including phenoxy) is 1. The van der Waals surface area contributed by atoms with E-state index in [1.54, 1.807) is 54.6 Å². The van der Waals surface area contributed by atoms with E-state index in [1.807, 2.05) is 13.8 Å². The summed E-state index contributed by atoms with van der Waals surface area (Å²) in [5.74, 6) is -1.03. The average molecular weight is 366 g/mol. The molecule has 0 fully saturated rings. The topological polar surface area (TPSA) is 84.5 Å². The molecular formula is C21H22N2O4. The quantitative estimate of drug-likeness (QED) is 0.607. The summed E-state index contributed by atoms with van der Waals surface area (Å²) in [6.45, 7) is 3.74. The van der Waals surface area contributed by atoms with Crippen LogP contribution in [0.15, 0.2) is 54.6 Å². The molecular weight excluding hydrogens is 344 g/mol. The SMILES string of the molecule is COC(=O)c1ccc(/C=C/C(=O)Nc2ccccc2C(=O)NC(C)C)cc1. The fourth-order valence-corrected chi connectivity index (χ4v) is 2.32. The molecule has 2 rings (SSSR count). The molecule has 0 aliphatic heterocycles. The lowest BCUT2D eigenvalue weighted by molar-refractivity contribution is -0.111. The molecule has 2 amide bonds. The number of carbonyl (C=O) groups excluding carboxylic acids is 3. The first-order chi connectivity index (χ1) is 12.9. The van der Waals surface area contributed by atoms with Gasteiger partial charge in [0.2, 0.25) is 5.91 Å². The van der Waals surface area contributed by atoms with Crippen molar-refractivity contribution in [1.82, 2.24) is 5.32 Å². The number of hydrogen-bond donors (Lipinski definition) is 2. The van der Waals surface area contributed by atoms with Gasteiger partial charge >= 0.3 is 5.97 Å². The van der Waals surface area contributed by atoms with Gasteiger partial charge in [0, 0.05) is 12.1 Å². The van der Waals surface area contributed by atoms with Gasteiger partial charge in [-0.2, -0.15) is 0 Å². The highest BCUT2D eigenvalue weighted by Gasteiger charge is 2.12. The lowest BCUT2D eigenvalue weighted by Crippen LogP contribution is -2.30. The van der Waals surface area contributed by atoms with Crippen molar-refractivity contribution >= 4 is 29.5 Å². The van der Waals surface area contributed by atoms with Crippen LogP contribution in [0, 0.1) is 0 Å². The van der Waals surface area contributed by atoms with Crippen molar-refractivity contribution in [3.8, 4) is 0 Å². The van der Waals surface area contributed by atoms with E-state index >= 15 is 0 Å². The Hall–Kier alpha value is -3.41. The fraction of sp³-hybridized carbons (Fsp3) is 0.190. The Morgan fingerprint density at radius 3 is 2.30 bits per heavy atom. The summed E-state index contributed by atoms with van der Waals surface area (Å²) in [5, 5.41) is 5.52. The number of rotatable bonds is 6. The Morgan fingerprint density at radius 2 is 1.67 bits per heavy atom. The van der Waals surface area contributed by atoms with Crippen LogP contribution in [-0.4, -0.2) is 30.9 Å². The Labute approximate surface area is 158 Å². The fourth-order valence-electron chi connectivity index (χ4n) is 2.32. The molecule has 2 N–H and O–H groups in total.